The molecule has 21 heavy (non-hydrogen) atoms. The van der Waals surface area contributed by atoms with Crippen molar-refractivity contribution in [2.24, 2.45) is 11.7 Å². The number of hydrogen-bond acceptors (Lipinski definition) is 3. The molecule has 0 aromatic heterocycles. The van der Waals surface area contributed by atoms with E-state index in [1.165, 1.54) is 0 Å². The zero-order valence-corrected chi connectivity index (χ0v) is 12.7. The molecule has 0 unspecified atom stereocenters. The van der Waals surface area contributed by atoms with Gasteiger partial charge in [0.25, 0.3) is 0 Å². The maximum absolute atomic E-state index is 12.3. The number of carbonyl (C=O) groups excluding carboxylic acids is 2. The van der Waals surface area contributed by atoms with Crippen molar-refractivity contribution in [3.63, 3.8) is 0 Å². The zero-order chi connectivity index (χ0) is 15.4. The van der Waals surface area contributed by atoms with E-state index in [4.69, 9.17) is 5.73 Å². The summed E-state index contributed by atoms with van der Waals surface area (Å²) in [4.78, 5) is 25.2. The monoisotopic (exact) mass is 289 g/mol. The lowest BCUT2D eigenvalue weighted by Gasteiger charge is -2.30. The molecule has 5 heteroatoms. The number of primary amides is 1. The van der Waals surface area contributed by atoms with Gasteiger partial charge in [-0.25, -0.2) is 0 Å². The Balaban J connectivity index is 1.90. The molecule has 1 aromatic carbocycles. The van der Waals surface area contributed by atoms with Crippen molar-refractivity contribution >= 4 is 17.5 Å². The van der Waals surface area contributed by atoms with E-state index in [1.54, 1.807) is 0 Å². The van der Waals surface area contributed by atoms with Crippen molar-refractivity contribution in [3.05, 3.63) is 29.3 Å². The number of piperidine rings is 1. The molecule has 0 radical (unpaired) electrons. The van der Waals surface area contributed by atoms with E-state index < -0.39 is 0 Å². The smallest absolute Gasteiger partial charge is 0.231 e. The summed E-state index contributed by atoms with van der Waals surface area (Å²) >= 11 is 0. The second-order valence-electron chi connectivity index (χ2n) is 5.82. The van der Waals surface area contributed by atoms with Gasteiger partial charge in [-0.2, -0.15) is 0 Å². The quantitative estimate of drug-likeness (QED) is 0.880. The fourth-order valence-corrected chi connectivity index (χ4v) is 2.68. The average Bonchev–Trinajstić information content (AvgIpc) is 2.43. The SMILES string of the molecule is Cc1ccc(C)c(NC(=O)C2CCN(CC(N)=O)CC2)c1. The molecule has 0 spiro atoms. The fourth-order valence-electron chi connectivity index (χ4n) is 2.68. The number of aryl methyl sites for hydroxylation is 2. The Kier molecular flexibility index (Phi) is 4.96. The first kappa shape index (κ1) is 15.5. The minimum Gasteiger partial charge on any atom is -0.369 e. The lowest BCUT2D eigenvalue weighted by atomic mass is 9.95. The second-order valence-corrected chi connectivity index (χ2v) is 5.82. The van der Waals surface area contributed by atoms with Crippen LogP contribution in [0.4, 0.5) is 5.69 Å². The normalized spacial score (nSPS) is 16.7. The minimum absolute atomic E-state index is 0.00837. The Labute approximate surface area is 125 Å². The van der Waals surface area contributed by atoms with Gasteiger partial charge in [0.15, 0.2) is 0 Å². The topological polar surface area (TPSA) is 75.4 Å². The molecule has 2 rings (SSSR count). The van der Waals surface area contributed by atoms with Crippen LogP contribution in [0.25, 0.3) is 0 Å². The average molecular weight is 289 g/mol. The summed E-state index contributed by atoms with van der Waals surface area (Å²) < 4.78 is 0. The number of nitrogens with two attached hydrogens (primary N) is 1. The van der Waals surface area contributed by atoms with Gasteiger partial charge in [0.05, 0.1) is 6.54 Å². The predicted octanol–water partition coefficient (Wildman–Crippen LogP) is 1.44. The molecule has 1 aromatic rings. The molecule has 0 atom stereocenters. The number of nitrogens with zero attached hydrogens (tertiary/aromatic N) is 1. The molecule has 0 saturated carbocycles. The van der Waals surface area contributed by atoms with Crippen molar-refractivity contribution in [1.29, 1.82) is 0 Å². The van der Waals surface area contributed by atoms with Gasteiger partial charge in [0.2, 0.25) is 11.8 Å². The van der Waals surface area contributed by atoms with Crippen LogP contribution >= 0.6 is 0 Å². The number of rotatable bonds is 4. The summed E-state index contributed by atoms with van der Waals surface area (Å²) in [5.41, 5.74) is 8.28. The third kappa shape index (κ3) is 4.29. The van der Waals surface area contributed by atoms with E-state index >= 15 is 0 Å². The van der Waals surface area contributed by atoms with Gasteiger partial charge in [-0.1, -0.05) is 12.1 Å². The van der Waals surface area contributed by atoms with Gasteiger partial charge >= 0.3 is 0 Å². The minimum atomic E-state index is -0.312. The molecule has 0 bridgehead atoms. The van der Waals surface area contributed by atoms with Crippen molar-refractivity contribution in [2.45, 2.75) is 26.7 Å². The Morgan fingerprint density at radius 3 is 2.57 bits per heavy atom. The van der Waals surface area contributed by atoms with E-state index in [9.17, 15) is 9.59 Å². The van der Waals surface area contributed by atoms with Crippen LogP contribution in [0.1, 0.15) is 24.0 Å². The van der Waals surface area contributed by atoms with Crippen LogP contribution in [-0.4, -0.2) is 36.3 Å². The highest BCUT2D eigenvalue weighted by Gasteiger charge is 2.25. The number of carbonyl (C=O) groups is 2. The number of likely N-dealkylation sites (tertiary alicyclic amines) is 1. The highest BCUT2D eigenvalue weighted by Crippen LogP contribution is 2.21. The third-order valence-electron chi connectivity index (χ3n) is 3.99. The Bertz CT molecular complexity index is 534. The molecule has 5 nitrogen and oxygen atoms in total. The first-order valence-corrected chi connectivity index (χ1v) is 7.34. The lowest BCUT2D eigenvalue weighted by Crippen LogP contribution is -2.42. The van der Waals surface area contributed by atoms with Crippen LogP contribution in [0.5, 0.6) is 0 Å². The molecule has 114 valence electrons. The molecule has 2 amide bonds. The zero-order valence-electron chi connectivity index (χ0n) is 12.7. The van der Waals surface area contributed by atoms with E-state index in [2.05, 4.69) is 5.32 Å². The molecule has 1 saturated heterocycles. The van der Waals surface area contributed by atoms with Gasteiger partial charge in [-0.3, -0.25) is 14.5 Å². The first-order chi connectivity index (χ1) is 9.95. The summed E-state index contributed by atoms with van der Waals surface area (Å²) in [7, 11) is 0. The highest BCUT2D eigenvalue weighted by atomic mass is 16.2. The van der Waals surface area contributed by atoms with Crippen LogP contribution in [0.3, 0.4) is 0 Å². The molecular formula is C16H23N3O2. The molecule has 1 aliphatic heterocycles. The molecule has 1 heterocycles. The van der Waals surface area contributed by atoms with E-state index in [-0.39, 0.29) is 24.3 Å². The van der Waals surface area contributed by atoms with Gasteiger partial charge in [0.1, 0.15) is 0 Å². The summed E-state index contributed by atoms with van der Waals surface area (Å²) in [6, 6.07) is 6.04. The Morgan fingerprint density at radius 2 is 1.95 bits per heavy atom. The largest absolute Gasteiger partial charge is 0.369 e. The van der Waals surface area contributed by atoms with E-state index in [0.717, 1.165) is 42.7 Å². The predicted molar refractivity (Wildman–Crippen MR) is 82.9 cm³/mol. The van der Waals surface area contributed by atoms with Crippen molar-refractivity contribution < 1.29 is 9.59 Å². The third-order valence-corrected chi connectivity index (χ3v) is 3.99. The van der Waals surface area contributed by atoms with Gasteiger partial charge < -0.3 is 11.1 Å². The van der Waals surface area contributed by atoms with E-state index in [0.29, 0.717) is 0 Å². The van der Waals surface area contributed by atoms with Crippen LogP contribution in [0.2, 0.25) is 0 Å². The fraction of sp³-hybridized carbons (Fsp3) is 0.500. The molecule has 1 fully saturated rings. The van der Waals surface area contributed by atoms with Gasteiger partial charge in [-0.15, -0.1) is 0 Å². The standard InChI is InChI=1S/C16H23N3O2/c1-11-3-4-12(2)14(9-11)18-16(21)13-5-7-19(8-6-13)10-15(17)20/h3-4,9,13H,5-8,10H2,1-2H3,(H2,17,20)(H,18,21). The van der Waals surface area contributed by atoms with Crippen molar-refractivity contribution in [3.8, 4) is 0 Å². The summed E-state index contributed by atoms with van der Waals surface area (Å²) in [5.74, 6) is -0.232. The number of nitrogens with one attached hydrogen (secondary N) is 1. The van der Waals surface area contributed by atoms with Crippen molar-refractivity contribution in [2.75, 3.05) is 25.0 Å². The van der Waals surface area contributed by atoms with E-state index in [1.807, 2.05) is 36.9 Å². The number of amides is 2. The Morgan fingerprint density at radius 1 is 1.29 bits per heavy atom. The number of benzene rings is 1. The van der Waals surface area contributed by atoms with Crippen LogP contribution < -0.4 is 11.1 Å². The lowest BCUT2D eigenvalue weighted by molar-refractivity contribution is -0.122. The van der Waals surface area contributed by atoms with Gasteiger partial charge in [0, 0.05) is 11.6 Å². The maximum Gasteiger partial charge on any atom is 0.231 e. The summed E-state index contributed by atoms with van der Waals surface area (Å²) in [6.45, 7) is 5.77. The highest BCUT2D eigenvalue weighted by molar-refractivity contribution is 5.93. The number of hydrogen-bond donors (Lipinski definition) is 2. The van der Waals surface area contributed by atoms with Gasteiger partial charge in [-0.05, 0) is 57.0 Å². The Hall–Kier alpha value is -1.88. The van der Waals surface area contributed by atoms with Crippen LogP contribution in [0.15, 0.2) is 18.2 Å². The van der Waals surface area contributed by atoms with Crippen LogP contribution in [0, 0.1) is 19.8 Å². The molecule has 3 N–H and O–H groups in total. The maximum atomic E-state index is 12.3. The number of anilines is 1. The first-order valence-electron chi connectivity index (χ1n) is 7.34. The summed E-state index contributed by atoms with van der Waals surface area (Å²) in [6.07, 6.45) is 1.54. The summed E-state index contributed by atoms with van der Waals surface area (Å²) in [5, 5.41) is 3.03. The van der Waals surface area contributed by atoms with Crippen LogP contribution in [-0.2, 0) is 9.59 Å². The second kappa shape index (κ2) is 6.72. The molecule has 1 aliphatic rings. The molecule has 0 aliphatic carbocycles. The van der Waals surface area contributed by atoms with Crippen molar-refractivity contribution in [1.82, 2.24) is 4.90 Å². The molecular weight excluding hydrogens is 266 g/mol.